The van der Waals surface area contributed by atoms with E-state index in [0.717, 1.165) is 6.42 Å². The molecule has 0 aromatic heterocycles. The molecule has 0 bridgehead atoms. The second-order valence-corrected chi connectivity index (χ2v) is 5.69. The Morgan fingerprint density at radius 3 is 2.35 bits per heavy atom. The number of urea groups is 1. The van der Waals surface area contributed by atoms with Crippen molar-refractivity contribution in [3.05, 3.63) is 0 Å². The number of hydrogen-bond donors (Lipinski definition) is 4. The first-order chi connectivity index (χ1) is 9.36. The van der Waals surface area contributed by atoms with Gasteiger partial charge in [0.15, 0.2) is 0 Å². The maximum Gasteiger partial charge on any atom is 0.326 e. The number of carboxylic acid groups (broad SMARTS) is 2. The van der Waals surface area contributed by atoms with Crippen LogP contribution in [0.15, 0.2) is 0 Å². The third-order valence-electron chi connectivity index (χ3n) is 2.73. The number of carbonyl (C=O) groups is 3. The number of aliphatic carboxylic acids is 2. The Kier molecular flexibility index (Phi) is 9.61. The fourth-order valence-electron chi connectivity index (χ4n) is 1.43. The van der Waals surface area contributed by atoms with Crippen LogP contribution in [0.25, 0.3) is 0 Å². The van der Waals surface area contributed by atoms with Gasteiger partial charge in [0.25, 0.3) is 0 Å². The van der Waals surface area contributed by atoms with E-state index in [-0.39, 0.29) is 19.3 Å². The van der Waals surface area contributed by atoms with Gasteiger partial charge in [0.05, 0.1) is 0 Å². The highest BCUT2D eigenvalue weighted by Crippen LogP contribution is 2.08. The zero-order valence-corrected chi connectivity index (χ0v) is 12.5. The molecule has 0 fully saturated rings. The Morgan fingerprint density at radius 1 is 1.20 bits per heavy atom. The van der Waals surface area contributed by atoms with Gasteiger partial charge in [0, 0.05) is 18.2 Å². The normalized spacial score (nSPS) is 13.3. The summed E-state index contributed by atoms with van der Waals surface area (Å²) in [6, 6.07) is -1.60. The Bertz CT molecular complexity index is 338. The molecule has 7 nitrogen and oxygen atoms in total. The molecule has 4 N–H and O–H groups in total. The van der Waals surface area contributed by atoms with Crippen LogP contribution in [-0.2, 0) is 9.59 Å². The molecule has 0 saturated carbocycles. The van der Waals surface area contributed by atoms with Crippen LogP contribution < -0.4 is 10.6 Å². The molecule has 20 heavy (non-hydrogen) atoms. The number of amides is 2. The van der Waals surface area contributed by atoms with Gasteiger partial charge in [0.2, 0.25) is 0 Å². The van der Waals surface area contributed by atoms with E-state index in [1.54, 1.807) is 11.8 Å². The van der Waals surface area contributed by atoms with Crippen molar-refractivity contribution in [1.82, 2.24) is 10.6 Å². The smallest absolute Gasteiger partial charge is 0.326 e. The molecule has 0 radical (unpaired) electrons. The lowest BCUT2D eigenvalue weighted by Gasteiger charge is -2.15. The first kappa shape index (κ1) is 18.6. The van der Waals surface area contributed by atoms with Crippen LogP contribution in [0.3, 0.4) is 0 Å². The van der Waals surface area contributed by atoms with E-state index in [0.29, 0.717) is 11.8 Å². The average Bonchev–Trinajstić information content (AvgIpc) is 2.36. The molecule has 0 saturated heterocycles. The summed E-state index contributed by atoms with van der Waals surface area (Å²) in [6.45, 7) is 2.51. The summed E-state index contributed by atoms with van der Waals surface area (Å²) in [5, 5.41) is 22.8. The van der Waals surface area contributed by atoms with Gasteiger partial charge in [-0.25, -0.2) is 9.59 Å². The topological polar surface area (TPSA) is 116 Å². The van der Waals surface area contributed by atoms with Gasteiger partial charge >= 0.3 is 18.0 Å². The number of carbonyl (C=O) groups excluding carboxylic acids is 1. The van der Waals surface area contributed by atoms with Crippen molar-refractivity contribution in [3.8, 4) is 0 Å². The van der Waals surface area contributed by atoms with Crippen LogP contribution in [0, 0.1) is 0 Å². The molecule has 8 heteroatoms. The van der Waals surface area contributed by atoms with Crippen LogP contribution in [0.1, 0.15) is 32.6 Å². The zero-order chi connectivity index (χ0) is 15.5. The Labute approximate surface area is 122 Å². The standard InChI is InChI=1S/C12H22N2O5S/c1-8(20-2)6-7-13-12(19)14-9(11(17)18)4-3-5-10(15)16/h8-9H,3-7H2,1-2H3,(H,15,16)(H,17,18)(H2,13,14,19)/t8?,9-/m1/s1. The van der Waals surface area contributed by atoms with Gasteiger partial charge in [-0.3, -0.25) is 4.79 Å². The minimum absolute atomic E-state index is 0.0935. The van der Waals surface area contributed by atoms with Crippen molar-refractivity contribution < 1.29 is 24.6 Å². The van der Waals surface area contributed by atoms with Crippen LogP contribution in [-0.4, -0.2) is 52.3 Å². The molecule has 0 aromatic carbocycles. The number of hydrogen-bond acceptors (Lipinski definition) is 4. The third-order valence-corrected chi connectivity index (χ3v) is 3.77. The van der Waals surface area contributed by atoms with E-state index < -0.39 is 24.0 Å². The first-order valence-electron chi connectivity index (χ1n) is 6.38. The quantitative estimate of drug-likeness (QED) is 0.481. The predicted octanol–water partition coefficient (Wildman–Crippen LogP) is 1.14. The fraction of sp³-hybridized carbons (Fsp3) is 0.750. The first-order valence-corrected chi connectivity index (χ1v) is 7.67. The van der Waals surface area contributed by atoms with E-state index in [9.17, 15) is 14.4 Å². The van der Waals surface area contributed by atoms with Gasteiger partial charge in [0.1, 0.15) is 6.04 Å². The summed E-state index contributed by atoms with van der Waals surface area (Å²) in [5.41, 5.74) is 0. The number of rotatable bonds is 10. The second kappa shape index (κ2) is 10.4. The van der Waals surface area contributed by atoms with Gasteiger partial charge in [-0.05, 0) is 25.5 Å². The zero-order valence-electron chi connectivity index (χ0n) is 11.7. The Hall–Kier alpha value is -1.44. The van der Waals surface area contributed by atoms with Crippen LogP contribution >= 0.6 is 11.8 Å². The van der Waals surface area contributed by atoms with Crippen molar-refractivity contribution in [2.45, 2.75) is 43.9 Å². The van der Waals surface area contributed by atoms with Gasteiger partial charge in [-0.1, -0.05) is 6.92 Å². The lowest BCUT2D eigenvalue weighted by atomic mass is 10.1. The van der Waals surface area contributed by atoms with E-state index in [1.807, 2.05) is 13.2 Å². The minimum Gasteiger partial charge on any atom is -0.481 e. The maximum absolute atomic E-state index is 11.5. The molecule has 116 valence electrons. The summed E-state index contributed by atoms with van der Waals surface area (Å²) in [4.78, 5) is 32.8. The molecular formula is C12H22N2O5S. The van der Waals surface area contributed by atoms with E-state index in [1.165, 1.54) is 0 Å². The summed E-state index contributed by atoms with van der Waals surface area (Å²) in [7, 11) is 0. The average molecular weight is 306 g/mol. The summed E-state index contributed by atoms with van der Waals surface area (Å²) < 4.78 is 0. The SMILES string of the molecule is CSC(C)CCNC(=O)N[C@H](CCCC(=O)O)C(=O)O. The number of nitrogens with one attached hydrogen (secondary N) is 2. The Balaban J connectivity index is 4.01. The van der Waals surface area contributed by atoms with Crippen LogP contribution in [0.4, 0.5) is 4.79 Å². The monoisotopic (exact) mass is 306 g/mol. The van der Waals surface area contributed by atoms with Crippen molar-refractivity contribution in [1.29, 1.82) is 0 Å². The molecule has 0 aromatic rings. The summed E-state index contributed by atoms with van der Waals surface area (Å²) >= 11 is 1.69. The molecule has 0 spiro atoms. The van der Waals surface area contributed by atoms with Crippen molar-refractivity contribution in [2.75, 3.05) is 12.8 Å². The van der Waals surface area contributed by atoms with Gasteiger partial charge < -0.3 is 20.8 Å². The van der Waals surface area contributed by atoms with Crippen molar-refractivity contribution in [3.63, 3.8) is 0 Å². The molecule has 0 aliphatic carbocycles. The molecule has 0 heterocycles. The molecular weight excluding hydrogens is 284 g/mol. The highest BCUT2D eigenvalue weighted by atomic mass is 32.2. The molecule has 1 unspecified atom stereocenters. The predicted molar refractivity (Wildman–Crippen MR) is 77.0 cm³/mol. The molecule has 0 aliphatic rings. The van der Waals surface area contributed by atoms with Crippen LogP contribution in [0.2, 0.25) is 0 Å². The van der Waals surface area contributed by atoms with Crippen molar-refractivity contribution >= 4 is 29.7 Å². The molecule has 2 atom stereocenters. The van der Waals surface area contributed by atoms with E-state index >= 15 is 0 Å². The Morgan fingerprint density at radius 2 is 1.85 bits per heavy atom. The molecule has 2 amide bonds. The molecule has 0 aliphatic heterocycles. The number of carboxylic acids is 2. The highest BCUT2D eigenvalue weighted by molar-refractivity contribution is 7.99. The van der Waals surface area contributed by atoms with Crippen molar-refractivity contribution in [2.24, 2.45) is 0 Å². The van der Waals surface area contributed by atoms with E-state index in [2.05, 4.69) is 10.6 Å². The summed E-state index contributed by atoms with van der Waals surface area (Å²) in [6.07, 6.45) is 2.96. The lowest BCUT2D eigenvalue weighted by Crippen LogP contribution is -2.46. The number of thioether (sulfide) groups is 1. The lowest BCUT2D eigenvalue weighted by molar-refractivity contribution is -0.140. The van der Waals surface area contributed by atoms with Gasteiger partial charge in [-0.2, -0.15) is 11.8 Å². The van der Waals surface area contributed by atoms with Gasteiger partial charge in [-0.15, -0.1) is 0 Å². The largest absolute Gasteiger partial charge is 0.481 e. The maximum atomic E-state index is 11.5. The minimum atomic E-state index is -1.16. The second-order valence-electron chi connectivity index (χ2n) is 4.41. The van der Waals surface area contributed by atoms with E-state index in [4.69, 9.17) is 10.2 Å². The van der Waals surface area contributed by atoms with Crippen LogP contribution in [0.5, 0.6) is 0 Å². The highest BCUT2D eigenvalue weighted by Gasteiger charge is 2.19. The summed E-state index contributed by atoms with van der Waals surface area (Å²) in [5.74, 6) is -2.15. The third kappa shape index (κ3) is 9.48. The molecule has 0 rings (SSSR count). The fourth-order valence-corrected chi connectivity index (χ4v) is 1.78.